The largest absolute Gasteiger partial charge is 0.399 e. The number of nitrogens with two attached hydrogens (primary N) is 1. The number of hydrogen-bond acceptors (Lipinski definition) is 3. The average Bonchev–Trinajstić information content (AvgIpc) is 2.29. The maximum Gasteiger partial charge on any atom is 0.243 e. The molecule has 0 fully saturated rings. The average molecular weight is 278 g/mol. The van der Waals surface area contributed by atoms with Crippen LogP contribution >= 0.6 is 0 Å². The third-order valence-corrected chi connectivity index (χ3v) is 3.84. The van der Waals surface area contributed by atoms with E-state index in [4.69, 9.17) is 5.73 Å². The molecule has 0 unspecified atom stereocenters. The maximum absolute atomic E-state index is 13.4. The smallest absolute Gasteiger partial charge is 0.243 e. The molecular weight excluding hydrogens is 262 g/mol. The van der Waals surface area contributed by atoms with Crippen molar-refractivity contribution < 1.29 is 17.2 Å². The molecule has 102 valence electrons. The molecule has 1 rings (SSSR count). The van der Waals surface area contributed by atoms with Crippen molar-refractivity contribution in [2.45, 2.75) is 31.1 Å². The van der Waals surface area contributed by atoms with Crippen molar-refractivity contribution in [3.8, 4) is 0 Å². The highest BCUT2D eigenvalue weighted by atomic mass is 32.2. The first-order valence-electron chi connectivity index (χ1n) is 5.62. The van der Waals surface area contributed by atoms with Gasteiger partial charge in [0, 0.05) is 12.2 Å². The van der Waals surface area contributed by atoms with Gasteiger partial charge in [0.15, 0.2) is 11.6 Å². The van der Waals surface area contributed by atoms with E-state index < -0.39 is 26.6 Å². The number of nitrogen functional groups attached to an aromatic ring is 1. The maximum atomic E-state index is 13.4. The second-order valence-corrected chi connectivity index (χ2v) is 5.66. The minimum absolute atomic E-state index is 0.136. The lowest BCUT2D eigenvalue weighted by atomic mass is 10.3. The van der Waals surface area contributed by atoms with Crippen LogP contribution in [0.2, 0.25) is 0 Å². The summed E-state index contributed by atoms with van der Waals surface area (Å²) < 4.78 is 52.2. The van der Waals surface area contributed by atoms with Gasteiger partial charge in [0.1, 0.15) is 4.90 Å². The van der Waals surface area contributed by atoms with E-state index in [0.29, 0.717) is 6.42 Å². The van der Waals surface area contributed by atoms with E-state index in [1.165, 1.54) is 0 Å². The van der Waals surface area contributed by atoms with Crippen LogP contribution in [0.5, 0.6) is 0 Å². The van der Waals surface area contributed by atoms with Crippen molar-refractivity contribution in [1.82, 2.24) is 4.72 Å². The molecule has 0 amide bonds. The zero-order valence-corrected chi connectivity index (χ0v) is 10.9. The molecule has 0 atom stereocenters. The van der Waals surface area contributed by atoms with E-state index in [2.05, 4.69) is 4.72 Å². The standard InChI is InChI=1S/C11H16F2N2O2S/c1-2-3-4-5-15-18(16,17)10-7-8(14)6-9(12)11(10)13/h6-7,15H,2-5,14H2,1H3. The van der Waals surface area contributed by atoms with Crippen molar-refractivity contribution in [3.05, 3.63) is 23.8 Å². The van der Waals surface area contributed by atoms with Gasteiger partial charge in [-0.3, -0.25) is 0 Å². The van der Waals surface area contributed by atoms with Gasteiger partial charge in [-0.05, 0) is 18.6 Å². The molecule has 0 spiro atoms. The molecule has 7 heteroatoms. The van der Waals surface area contributed by atoms with Gasteiger partial charge in [-0.1, -0.05) is 19.8 Å². The summed E-state index contributed by atoms with van der Waals surface area (Å²) in [6, 6.07) is 1.64. The number of nitrogens with one attached hydrogen (secondary N) is 1. The van der Waals surface area contributed by atoms with Crippen LogP contribution in [0.4, 0.5) is 14.5 Å². The van der Waals surface area contributed by atoms with Crippen LogP contribution in [0, 0.1) is 11.6 Å². The fraction of sp³-hybridized carbons (Fsp3) is 0.455. The Morgan fingerprint density at radius 1 is 1.28 bits per heavy atom. The second-order valence-electron chi connectivity index (χ2n) is 3.92. The lowest BCUT2D eigenvalue weighted by molar-refractivity contribution is 0.483. The summed E-state index contributed by atoms with van der Waals surface area (Å²) in [6.07, 6.45) is 2.43. The molecule has 0 aromatic heterocycles. The molecule has 0 aliphatic heterocycles. The number of anilines is 1. The normalized spacial score (nSPS) is 11.7. The molecule has 18 heavy (non-hydrogen) atoms. The number of unbranched alkanes of at least 4 members (excludes halogenated alkanes) is 2. The summed E-state index contributed by atoms with van der Waals surface area (Å²) in [6.45, 7) is 2.16. The Morgan fingerprint density at radius 2 is 1.94 bits per heavy atom. The Hall–Kier alpha value is -1.21. The quantitative estimate of drug-likeness (QED) is 0.617. The molecule has 0 heterocycles. The first kappa shape index (κ1) is 14.8. The van der Waals surface area contributed by atoms with Gasteiger partial charge in [0.25, 0.3) is 0 Å². The number of benzene rings is 1. The Labute approximate surface area is 105 Å². The van der Waals surface area contributed by atoms with Crippen molar-refractivity contribution in [2.75, 3.05) is 12.3 Å². The number of sulfonamides is 1. The molecule has 3 N–H and O–H groups in total. The molecule has 0 aliphatic carbocycles. The first-order valence-corrected chi connectivity index (χ1v) is 7.11. The summed E-state index contributed by atoms with van der Waals surface area (Å²) >= 11 is 0. The zero-order valence-electron chi connectivity index (χ0n) is 10.0. The van der Waals surface area contributed by atoms with Crippen molar-refractivity contribution >= 4 is 15.7 Å². The fourth-order valence-corrected chi connectivity index (χ4v) is 2.63. The summed E-state index contributed by atoms with van der Waals surface area (Å²) in [7, 11) is -4.06. The summed E-state index contributed by atoms with van der Waals surface area (Å²) in [4.78, 5) is -0.753. The van der Waals surface area contributed by atoms with E-state index in [-0.39, 0.29) is 12.2 Å². The highest BCUT2D eigenvalue weighted by Gasteiger charge is 2.22. The third kappa shape index (κ3) is 3.64. The van der Waals surface area contributed by atoms with Crippen LogP contribution < -0.4 is 10.5 Å². The SMILES string of the molecule is CCCCCNS(=O)(=O)c1cc(N)cc(F)c1F. The molecular formula is C11H16F2N2O2S. The van der Waals surface area contributed by atoms with E-state index in [1.807, 2.05) is 6.92 Å². The van der Waals surface area contributed by atoms with Gasteiger partial charge in [0.2, 0.25) is 10.0 Å². The van der Waals surface area contributed by atoms with Crippen LogP contribution in [-0.2, 0) is 10.0 Å². The van der Waals surface area contributed by atoms with Crippen molar-refractivity contribution in [2.24, 2.45) is 0 Å². The highest BCUT2D eigenvalue weighted by Crippen LogP contribution is 2.20. The molecule has 0 bridgehead atoms. The van der Waals surface area contributed by atoms with Gasteiger partial charge < -0.3 is 5.73 Å². The van der Waals surface area contributed by atoms with Gasteiger partial charge in [-0.15, -0.1) is 0 Å². The summed E-state index contributed by atoms with van der Waals surface area (Å²) in [5.41, 5.74) is 5.17. The van der Waals surface area contributed by atoms with Gasteiger partial charge in [-0.2, -0.15) is 0 Å². The first-order chi connectivity index (χ1) is 8.38. The number of rotatable bonds is 6. The van der Waals surface area contributed by atoms with Crippen molar-refractivity contribution in [1.29, 1.82) is 0 Å². The van der Waals surface area contributed by atoms with Gasteiger partial charge >= 0.3 is 0 Å². The van der Waals surface area contributed by atoms with E-state index in [0.717, 1.165) is 25.0 Å². The van der Waals surface area contributed by atoms with Crippen LogP contribution in [0.25, 0.3) is 0 Å². The fourth-order valence-electron chi connectivity index (χ4n) is 1.44. The predicted molar refractivity (Wildman–Crippen MR) is 65.5 cm³/mol. The van der Waals surface area contributed by atoms with Gasteiger partial charge in [0.05, 0.1) is 0 Å². The third-order valence-electron chi connectivity index (χ3n) is 2.38. The Morgan fingerprint density at radius 3 is 2.56 bits per heavy atom. The van der Waals surface area contributed by atoms with Crippen LogP contribution in [-0.4, -0.2) is 15.0 Å². The van der Waals surface area contributed by atoms with E-state index >= 15 is 0 Å². The molecule has 4 nitrogen and oxygen atoms in total. The zero-order chi connectivity index (χ0) is 13.8. The van der Waals surface area contributed by atoms with Gasteiger partial charge in [-0.25, -0.2) is 21.9 Å². The van der Waals surface area contributed by atoms with E-state index in [1.54, 1.807) is 0 Å². The molecule has 0 saturated carbocycles. The van der Waals surface area contributed by atoms with Crippen molar-refractivity contribution in [3.63, 3.8) is 0 Å². The lowest BCUT2D eigenvalue weighted by Gasteiger charge is -2.08. The highest BCUT2D eigenvalue weighted by molar-refractivity contribution is 7.89. The van der Waals surface area contributed by atoms with Crippen LogP contribution in [0.15, 0.2) is 17.0 Å². The Bertz CT molecular complexity index is 518. The Balaban J connectivity index is 2.91. The lowest BCUT2D eigenvalue weighted by Crippen LogP contribution is -2.26. The van der Waals surface area contributed by atoms with Crippen LogP contribution in [0.3, 0.4) is 0 Å². The Kier molecular flexibility index (Phi) is 5.03. The predicted octanol–water partition coefficient (Wildman–Crippen LogP) is 2.02. The minimum atomic E-state index is -4.06. The summed E-state index contributed by atoms with van der Waals surface area (Å²) in [5, 5.41) is 0. The monoisotopic (exact) mass is 278 g/mol. The number of halogens is 2. The topological polar surface area (TPSA) is 72.2 Å². The molecule has 1 aromatic carbocycles. The van der Waals surface area contributed by atoms with E-state index in [9.17, 15) is 17.2 Å². The second kappa shape index (κ2) is 6.10. The molecule has 1 aromatic rings. The minimum Gasteiger partial charge on any atom is -0.399 e. The summed E-state index contributed by atoms with van der Waals surface area (Å²) in [5.74, 6) is -2.68. The molecule has 0 aliphatic rings. The molecule has 0 saturated heterocycles. The van der Waals surface area contributed by atoms with Crippen LogP contribution in [0.1, 0.15) is 26.2 Å². The molecule has 0 radical (unpaired) electrons. The number of hydrogen-bond donors (Lipinski definition) is 2.